The van der Waals surface area contributed by atoms with Gasteiger partial charge in [-0.15, -0.1) is 0 Å². The van der Waals surface area contributed by atoms with Crippen LogP contribution < -0.4 is 15.0 Å². The lowest BCUT2D eigenvalue weighted by molar-refractivity contribution is 0.193. The maximum Gasteiger partial charge on any atom is 0.317 e. The number of nitrogens with zero attached hydrogens (tertiary/aromatic N) is 3. The first-order valence-corrected chi connectivity index (χ1v) is 8.25. The average molecular weight is 329 g/mol. The minimum absolute atomic E-state index is 0.0395. The molecule has 2 N–H and O–H groups in total. The zero-order valence-electron chi connectivity index (χ0n) is 13.9. The summed E-state index contributed by atoms with van der Waals surface area (Å²) in [4.78, 5) is 16.4. The van der Waals surface area contributed by atoms with Gasteiger partial charge in [-0.2, -0.15) is 5.10 Å². The summed E-state index contributed by atoms with van der Waals surface area (Å²) in [6, 6.07) is 9.86. The molecule has 7 heteroatoms. The predicted octanol–water partition coefficient (Wildman–Crippen LogP) is 1.84. The van der Waals surface area contributed by atoms with Gasteiger partial charge in [0.25, 0.3) is 0 Å². The number of piperazine rings is 1. The predicted molar refractivity (Wildman–Crippen MR) is 92.2 cm³/mol. The van der Waals surface area contributed by atoms with E-state index in [4.69, 9.17) is 4.74 Å². The van der Waals surface area contributed by atoms with Gasteiger partial charge in [-0.3, -0.25) is 5.10 Å². The third-order valence-electron chi connectivity index (χ3n) is 4.06. The van der Waals surface area contributed by atoms with E-state index in [1.807, 2.05) is 36.1 Å². The zero-order valence-corrected chi connectivity index (χ0v) is 13.9. The van der Waals surface area contributed by atoms with Crippen LogP contribution in [0.25, 0.3) is 0 Å². The third kappa shape index (κ3) is 3.79. The smallest absolute Gasteiger partial charge is 0.317 e. The molecule has 1 saturated heterocycles. The van der Waals surface area contributed by atoms with Crippen molar-refractivity contribution < 1.29 is 9.53 Å². The van der Waals surface area contributed by atoms with E-state index >= 15 is 0 Å². The molecule has 1 aliphatic heterocycles. The van der Waals surface area contributed by atoms with Crippen LogP contribution in [0, 0.1) is 0 Å². The van der Waals surface area contributed by atoms with E-state index < -0.39 is 0 Å². The molecule has 1 aromatic carbocycles. The highest BCUT2D eigenvalue weighted by molar-refractivity contribution is 5.74. The number of hydrogen-bond acceptors (Lipinski definition) is 4. The Labute approximate surface area is 141 Å². The van der Waals surface area contributed by atoms with Crippen molar-refractivity contribution >= 4 is 11.7 Å². The van der Waals surface area contributed by atoms with Crippen molar-refractivity contribution in [2.45, 2.75) is 13.5 Å². The number of rotatable bonds is 5. The molecule has 1 aromatic heterocycles. The van der Waals surface area contributed by atoms with Gasteiger partial charge in [0, 0.05) is 32.4 Å². The summed E-state index contributed by atoms with van der Waals surface area (Å²) in [5.41, 5.74) is 1.99. The van der Waals surface area contributed by atoms with Crippen LogP contribution in [-0.4, -0.2) is 53.9 Å². The second kappa shape index (κ2) is 7.72. The van der Waals surface area contributed by atoms with E-state index in [2.05, 4.69) is 26.5 Å². The van der Waals surface area contributed by atoms with Crippen LogP contribution in [0.1, 0.15) is 12.6 Å². The number of ether oxygens (including phenoxy) is 1. The van der Waals surface area contributed by atoms with Crippen molar-refractivity contribution in [2.75, 3.05) is 37.7 Å². The maximum absolute atomic E-state index is 12.2. The molecule has 0 unspecified atom stereocenters. The molecule has 3 rings (SSSR count). The number of benzene rings is 1. The average Bonchev–Trinajstić information content (AvgIpc) is 3.14. The van der Waals surface area contributed by atoms with Crippen LogP contribution in [-0.2, 0) is 6.54 Å². The van der Waals surface area contributed by atoms with Crippen molar-refractivity contribution in [1.82, 2.24) is 20.4 Å². The normalized spacial score (nSPS) is 14.5. The number of carbonyl (C=O) groups excluding carboxylic acids is 1. The van der Waals surface area contributed by atoms with E-state index in [0.717, 1.165) is 30.2 Å². The topological polar surface area (TPSA) is 73.5 Å². The monoisotopic (exact) mass is 329 g/mol. The molecule has 2 amide bonds. The number of anilines is 1. The van der Waals surface area contributed by atoms with Crippen molar-refractivity contribution in [3.8, 4) is 5.75 Å². The minimum Gasteiger partial charge on any atom is -0.492 e. The first-order chi connectivity index (χ1) is 11.8. The fraction of sp³-hybridized carbons (Fsp3) is 0.412. The fourth-order valence-electron chi connectivity index (χ4n) is 2.81. The highest BCUT2D eigenvalue weighted by Gasteiger charge is 2.22. The lowest BCUT2D eigenvalue weighted by Crippen LogP contribution is -2.51. The molecular formula is C17H23N5O2. The summed E-state index contributed by atoms with van der Waals surface area (Å²) in [5, 5.41) is 9.62. The number of aromatic amines is 1. The van der Waals surface area contributed by atoms with Crippen molar-refractivity contribution in [2.24, 2.45) is 0 Å². The van der Waals surface area contributed by atoms with Crippen molar-refractivity contribution in [1.29, 1.82) is 0 Å². The van der Waals surface area contributed by atoms with Gasteiger partial charge in [0.1, 0.15) is 5.75 Å². The summed E-state index contributed by atoms with van der Waals surface area (Å²) < 4.78 is 5.70. The van der Waals surface area contributed by atoms with Crippen LogP contribution in [0.2, 0.25) is 0 Å². The van der Waals surface area contributed by atoms with Crippen LogP contribution in [0.5, 0.6) is 5.75 Å². The highest BCUT2D eigenvalue weighted by Crippen LogP contribution is 2.28. The van der Waals surface area contributed by atoms with Gasteiger partial charge in [0.05, 0.1) is 24.5 Å². The molecular weight excluding hydrogens is 306 g/mol. The van der Waals surface area contributed by atoms with Gasteiger partial charge >= 0.3 is 6.03 Å². The van der Waals surface area contributed by atoms with Crippen LogP contribution >= 0.6 is 0 Å². The number of nitrogens with one attached hydrogen (secondary N) is 2. The fourth-order valence-corrected chi connectivity index (χ4v) is 2.81. The Balaban J connectivity index is 1.53. The Morgan fingerprint density at radius 3 is 2.75 bits per heavy atom. The van der Waals surface area contributed by atoms with Crippen molar-refractivity contribution in [3.63, 3.8) is 0 Å². The number of carbonyl (C=O) groups is 1. The first-order valence-electron chi connectivity index (χ1n) is 8.25. The maximum atomic E-state index is 12.2. The highest BCUT2D eigenvalue weighted by atomic mass is 16.5. The molecule has 1 aliphatic rings. The number of urea groups is 1. The summed E-state index contributed by atoms with van der Waals surface area (Å²) in [7, 11) is 0. The van der Waals surface area contributed by atoms with E-state index in [1.54, 1.807) is 6.20 Å². The molecule has 0 atom stereocenters. The van der Waals surface area contributed by atoms with Crippen molar-refractivity contribution in [3.05, 3.63) is 42.2 Å². The Morgan fingerprint density at radius 1 is 1.25 bits per heavy atom. The standard InChI is InChI=1S/C17H23N5O2/c1-2-24-16-6-4-3-5-15(16)21-9-11-22(12-10-21)17(23)18-13-14-7-8-19-20-14/h3-8H,2,9-13H2,1H3,(H,18,23)(H,19,20). The molecule has 0 aliphatic carbocycles. The summed E-state index contributed by atoms with van der Waals surface area (Å²) >= 11 is 0. The molecule has 24 heavy (non-hydrogen) atoms. The largest absolute Gasteiger partial charge is 0.492 e. The van der Waals surface area contributed by atoms with E-state index in [0.29, 0.717) is 26.2 Å². The number of para-hydroxylation sites is 2. The second-order valence-electron chi connectivity index (χ2n) is 5.62. The second-order valence-corrected chi connectivity index (χ2v) is 5.62. The molecule has 2 heterocycles. The third-order valence-corrected chi connectivity index (χ3v) is 4.06. The van der Waals surface area contributed by atoms with Crippen LogP contribution in [0.3, 0.4) is 0 Å². The molecule has 0 saturated carbocycles. The minimum atomic E-state index is -0.0395. The quantitative estimate of drug-likeness (QED) is 0.878. The molecule has 0 bridgehead atoms. The van der Waals surface area contributed by atoms with E-state index in [9.17, 15) is 4.79 Å². The Kier molecular flexibility index (Phi) is 5.20. The molecule has 7 nitrogen and oxygen atoms in total. The van der Waals surface area contributed by atoms with Crippen LogP contribution in [0.4, 0.5) is 10.5 Å². The molecule has 2 aromatic rings. The van der Waals surface area contributed by atoms with E-state index in [1.165, 1.54) is 0 Å². The summed E-state index contributed by atoms with van der Waals surface area (Å²) in [5.74, 6) is 0.900. The number of amides is 2. The molecule has 0 spiro atoms. The van der Waals surface area contributed by atoms with Gasteiger partial charge in [-0.25, -0.2) is 4.79 Å². The number of hydrogen-bond donors (Lipinski definition) is 2. The number of aromatic nitrogens is 2. The van der Waals surface area contributed by atoms with Crippen LogP contribution in [0.15, 0.2) is 36.5 Å². The van der Waals surface area contributed by atoms with Gasteiger partial charge < -0.3 is 19.9 Å². The lowest BCUT2D eigenvalue weighted by atomic mass is 10.2. The SMILES string of the molecule is CCOc1ccccc1N1CCN(C(=O)NCc2ccn[nH]2)CC1. The Bertz CT molecular complexity index is 651. The summed E-state index contributed by atoms with van der Waals surface area (Å²) in [6.45, 7) is 6.06. The Hall–Kier alpha value is -2.70. The Morgan fingerprint density at radius 2 is 2.04 bits per heavy atom. The van der Waals surface area contributed by atoms with Gasteiger partial charge in [0.2, 0.25) is 0 Å². The van der Waals surface area contributed by atoms with Gasteiger partial charge in [0.15, 0.2) is 0 Å². The molecule has 0 radical (unpaired) electrons. The van der Waals surface area contributed by atoms with E-state index in [-0.39, 0.29) is 6.03 Å². The first kappa shape index (κ1) is 16.2. The lowest BCUT2D eigenvalue weighted by Gasteiger charge is -2.36. The zero-order chi connectivity index (χ0) is 16.8. The van der Waals surface area contributed by atoms with Gasteiger partial charge in [-0.05, 0) is 25.1 Å². The summed E-state index contributed by atoms with van der Waals surface area (Å²) in [6.07, 6.45) is 1.68. The molecule has 128 valence electrons. The number of H-pyrrole nitrogens is 1. The van der Waals surface area contributed by atoms with Gasteiger partial charge in [-0.1, -0.05) is 12.1 Å². The molecule has 1 fully saturated rings.